The van der Waals surface area contributed by atoms with Crippen molar-refractivity contribution in [3.8, 4) is 0 Å². The summed E-state index contributed by atoms with van der Waals surface area (Å²) in [5.74, 6) is 11.0. The number of hydrogen-bond donors (Lipinski definition) is 2. The van der Waals surface area contributed by atoms with Crippen molar-refractivity contribution >= 4 is 9.84 Å². The van der Waals surface area contributed by atoms with Gasteiger partial charge in [-0.05, 0) is 303 Å². The second-order valence-corrected chi connectivity index (χ2v) is 49.1. The molecule has 0 aromatic heterocycles. The summed E-state index contributed by atoms with van der Waals surface area (Å²) in [7, 11) is 3.99. The van der Waals surface area contributed by atoms with Crippen LogP contribution in [0.3, 0.4) is 0 Å². The van der Waals surface area contributed by atoms with E-state index in [1.807, 2.05) is 0 Å². The highest BCUT2D eigenvalue weighted by atomic mass is 32.2. The maximum absolute atomic E-state index is 11.1. The summed E-state index contributed by atoms with van der Waals surface area (Å²) < 4.78 is 48.8. The van der Waals surface area contributed by atoms with Gasteiger partial charge in [-0.25, -0.2) is 8.42 Å². The summed E-state index contributed by atoms with van der Waals surface area (Å²) in [4.78, 5) is 7.31. The van der Waals surface area contributed by atoms with Crippen molar-refractivity contribution in [2.45, 2.75) is 337 Å². The first-order valence-corrected chi connectivity index (χ1v) is 47.1. The first-order valence-electron chi connectivity index (χ1n) is 45.3. The molecule has 11 saturated heterocycles. The molecule has 654 valence electrons. The lowest BCUT2D eigenvalue weighted by molar-refractivity contribution is -0.158. The Morgan fingerprint density at radius 3 is 1.03 bits per heavy atom. The SMILES string of the molecule is CC(C)(C)C1(C)COC1.CC(C)(C)C1CCCOC1.CC(C)(C)C1CCNC1.CC(C)(C)C1CCOC1.CC(C)(C)C1CCOCC1.CC(C)(C)C1CCS(=O)(=O)C1.CC(C)C1CCN(C)CC1.CC(C)C1CCNCC1.CC1CC(C(C)(C)C)CCO1.CN1CCC(C(C)(C)C)C1.CN1CCCC(C(C)(C)C)C1. The second-order valence-electron chi connectivity index (χ2n) is 46.9. The summed E-state index contributed by atoms with van der Waals surface area (Å²) >= 11 is 0. The Hall–Kier alpha value is -0.450. The van der Waals surface area contributed by atoms with Gasteiger partial charge in [0.2, 0.25) is 0 Å². The third-order valence-corrected chi connectivity index (χ3v) is 29.4. The van der Waals surface area contributed by atoms with Crippen molar-refractivity contribution in [1.29, 1.82) is 0 Å². The number of nitrogens with one attached hydrogen (secondary N) is 2. The minimum Gasteiger partial charge on any atom is -0.381 e. The van der Waals surface area contributed by atoms with Gasteiger partial charge in [0.15, 0.2) is 9.84 Å². The number of rotatable bonds is 2. The summed E-state index contributed by atoms with van der Waals surface area (Å²) in [6.07, 6.45) is 21.3. The van der Waals surface area contributed by atoms with Gasteiger partial charge in [0.1, 0.15) is 0 Å². The maximum atomic E-state index is 11.1. The Balaban J connectivity index is 0.000000600. The molecule has 0 aliphatic carbocycles. The Kier molecular flexibility index (Phi) is 48.1. The van der Waals surface area contributed by atoms with E-state index in [0.29, 0.717) is 72.3 Å². The second kappa shape index (κ2) is 49.2. The molecule has 8 unspecified atom stereocenters. The zero-order chi connectivity index (χ0) is 83.9. The molecule has 11 fully saturated rings. The molecule has 109 heavy (non-hydrogen) atoms. The van der Waals surface area contributed by atoms with Gasteiger partial charge in [-0.1, -0.05) is 222 Å². The third-order valence-electron chi connectivity index (χ3n) is 27.6. The quantitative estimate of drug-likeness (QED) is 0.274. The van der Waals surface area contributed by atoms with Crippen LogP contribution in [-0.4, -0.2) is 187 Å². The maximum Gasteiger partial charge on any atom is 0.150 e. The normalized spacial score (nSPS) is 27.8. The Morgan fingerprint density at radius 2 is 0.771 bits per heavy atom. The van der Waals surface area contributed by atoms with E-state index < -0.39 is 9.84 Å². The molecule has 8 atom stereocenters. The standard InChI is InChI=1S/C10H21N.C10H20O.2C9H19N.2C9H18O.2C8H17N.C8H16O2S.2C8H16O/c1-10(2,3)9-6-5-7-11(4)8-9;1-8-7-9(5-6-11-8)10(2,3)4;1-9(2,3)8-5-6-10(4)7-8;1-8(2)9-4-6-10(3)7-5-9;1-9(2,3)8-4-6-10-7-5-8;1-9(2,3)8-5-4-6-10-7-8;1-8(2,3)7-4-5-9-6-7;1-7(2)8-3-5-9-6-4-8;1-8(2,3)7-4-5-11(9,10)6-7;1-7(2,3)8(4)5-9-6-8;1-8(2,3)7-4-5-9-6-7/h9H,5-8H2,1-4H3;8-9H,5-7H2,1-4H3;8H,5-7H2,1-4H3;8-9H,4-7H2,1-3H3;2*8H,4-7H2,1-3H3;7,9H,4-6H2,1-3H3;7-9H,3-6H2,1-2H3;7H,4-6H2,1-3H3;5-6H2,1-4H3;7H,4-6H2,1-3H3. The third kappa shape index (κ3) is 46.5. The fourth-order valence-corrected chi connectivity index (χ4v) is 18.5. The molecule has 11 aliphatic rings. The fourth-order valence-electron chi connectivity index (χ4n) is 16.4. The van der Waals surface area contributed by atoms with Crippen molar-refractivity contribution in [3.63, 3.8) is 0 Å². The molecule has 11 rings (SSSR count). The van der Waals surface area contributed by atoms with E-state index in [1.165, 1.54) is 162 Å². The molecule has 0 aromatic rings. The first-order chi connectivity index (χ1) is 49.7. The lowest BCUT2D eigenvalue weighted by Gasteiger charge is -2.48. The number of piperidine rings is 3. The van der Waals surface area contributed by atoms with Crippen LogP contribution in [-0.2, 0) is 33.5 Å². The van der Waals surface area contributed by atoms with Gasteiger partial charge in [0, 0.05) is 64.8 Å². The predicted molar refractivity (Wildman–Crippen MR) is 477 cm³/mol. The number of ether oxygens (including phenoxy) is 5. The number of nitrogens with zero attached hydrogens (tertiary/aromatic N) is 3. The van der Waals surface area contributed by atoms with Crippen LogP contribution < -0.4 is 10.6 Å². The first kappa shape index (κ1) is 107. The molecule has 12 nitrogen and oxygen atoms in total. The number of likely N-dealkylation sites (tertiary alicyclic amines) is 3. The van der Waals surface area contributed by atoms with Gasteiger partial charge in [-0.3, -0.25) is 0 Å². The molecular formula is C96H197N5O7S. The van der Waals surface area contributed by atoms with Gasteiger partial charge < -0.3 is 49.0 Å². The van der Waals surface area contributed by atoms with Crippen LogP contribution in [0.25, 0.3) is 0 Å². The van der Waals surface area contributed by atoms with Crippen LogP contribution in [0.2, 0.25) is 0 Å². The van der Waals surface area contributed by atoms with Crippen LogP contribution in [0.1, 0.15) is 331 Å². The topological polar surface area (TPSA) is 114 Å². The number of hydrogen-bond acceptors (Lipinski definition) is 12. The summed E-state index contributed by atoms with van der Waals surface area (Å²) in [5.41, 5.74) is 4.41. The monoisotopic (exact) mass is 1560 g/mol. The fraction of sp³-hybridized carbons (Fsp3) is 1.00. The van der Waals surface area contributed by atoms with Crippen molar-refractivity contribution in [3.05, 3.63) is 0 Å². The number of sulfone groups is 1. The average molecular weight is 1570 g/mol. The predicted octanol–water partition coefficient (Wildman–Crippen LogP) is 23.0. The van der Waals surface area contributed by atoms with E-state index in [-0.39, 0.29) is 5.41 Å². The van der Waals surface area contributed by atoms with E-state index in [4.69, 9.17) is 23.7 Å². The minimum absolute atomic E-state index is 0.156. The lowest BCUT2D eigenvalue weighted by atomic mass is 9.67. The van der Waals surface area contributed by atoms with Crippen LogP contribution in [0.5, 0.6) is 0 Å². The zero-order valence-electron chi connectivity index (χ0n) is 80.3. The minimum atomic E-state index is -2.68. The van der Waals surface area contributed by atoms with Crippen LogP contribution in [0.4, 0.5) is 0 Å². The van der Waals surface area contributed by atoms with Crippen molar-refractivity contribution in [1.82, 2.24) is 25.3 Å². The summed E-state index contributed by atoms with van der Waals surface area (Å²) in [6.45, 7) is 97.2. The van der Waals surface area contributed by atoms with Gasteiger partial charge in [0.05, 0.1) is 30.8 Å². The smallest absolute Gasteiger partial charge is 0.150 e. The molecule has 2 N–H and O–H groups in total. The molecule has 0 spiro atoms. The van der Waals surface area contributed by atoms with E-state index in [1.54, 1.807) is 0 Å². The molecule has 13 heteroatoms. The highest BCUT2D eigenvalue weighted by Gasteiger charge is 2.44. The molecule has 0 bridgehead atoms. The Bertz CT molecular complexity index is 2270. The van der Waals surface area contributed by atoms with Crippen molar-refractivity contribution in [2.24, 2.45) is 125 Å². The Labute approximate surface area is 683 Å². The van der Waals surface area contributed by atoms with Gasteiger partial charge in [-0.2, -0.15) is 0 Å². The van der Waals surface area contributed by atoms with Crippen LogP contribution >= 0.6 is 0 Å². The van der Waals surface area contributed by atoms with E-state index in [9.17, 15) is 8.42 Å². The summed E-state index contributed by atoms with van der Waals surface area (Å²) in [6, 6.07) is 0. The van der Waals surface area contributed by atoms with Gasteiger partial charge in [0.25, 0.3) is 0 Å². The van der Waals surface area contributed by atoms with Crippen LogP contribution in [0, 0.1) is 125 Å². The van der Waals surface area contributed by atoms with Gasteiger partial charge >= 0.3 is 0 Å². The molecule has 0 radical (unpaired) electrons. The van der Waals surface area contributed by atoms with Crippen LogP contribution in [0.15, 0.2) is 0 Å². The average Bonchev–Trinajstić information content (AvgIpc) is 1.62. The molecule has 11 aliphatic heterocycles. The molecule has 0 saturated carbocycles. The summed E-state index contributed by atoms with van der Waals surface area (Å²) in [5, 5.41) is 6.75. The largest absolute Gasteiger partial charge is 0.381 e. The van der Waals surface area contributed by atoms with Crippen molar-refractivity contribution in [2.75, 3.05) is 158 Å². The highest BCUT2D eigenvalue weighted by Crippen LogP contribution is 2.44. The Morgan fingerprint density at radius 1 is 0.376 bits per heavy atom. The molecule has 0 amide bonds. The van der Waals surface area contributed by atoms with E-state index in [2.05, 4.69) is 275 Å². The molecule has 0 aromatic carbocycles. The lowest BCUT2D eigenvalue weighted by Crippen LogP contribution is -2.49. The zero-order valence-corrected chi connectivity index (χ0v) is 81.1. The molecule has 11 heterocycles. The van der Waals surface area contributed by atoms with Gasteiger partial charge in [-0.15, -0.1) is 0 Å². The molecular weight excluding hydrogens is 1370 g/mol. The van der Waals surface area contributed by atoms with Crippen molar-refractivity contribution < 1.29 is 32.1 Å². The van der Waals surface area contributed by atoms with E-state index >= 15 is 0 Å². The van der Waals surface area contributed by atoms with E-state index in [0.717, 1.165) is 131 Å². The highest BCUT2D eigenvalue weighted by molar-refractivity contribution is 7.91.